The molecule has 0 aliphatic carbocycles. The minimum absolute atomic E-state index is 0.0296. The number of carbonyl (C=O) groups excluding carboxylic acids is 1. The van der Waals surface area contributed by atoms with Gasteiger partial charge in [-0.3, -0.25) is 4.79 Å². The highest BCUT2D eigenvalue weighted by Gasteiger charge is 2.01. The quantitative estimate of drug-likeness (QED) is 0.329. The van der Waals surface area contributed by atoms with Crippen molar-refractivity contribution >= 4 is 11.9 Å². The van der Waals surface area contributed by atoms with E-state index >= 15 is 0 Å². The fourth-order valence-corrected chi connectivity index (χ4v) is 2.81. The van der Waals surface area contributed by atoms with Gasteiger partial charge in [0.2, 0.25) is 5.91 Å². The number of carboxylic acid groups (broad SMARTS) is 1. The Morgan fingerprint density at radius 3 is 1.76 bits per heavy atom. The van der Waals surface area contributed by atoms with E-state index in [4.69, 9.17) is 9.84 Å². The molecule has 0 spiro atoms. The Morgan fingerprint density at radius 1 is 0.800 bits per heavy atom. The van der Waals surface area contributed by atoms with Crippen molar-refractivity contribution in [3.05, 3.63) is 0 Å². The molecule has 148 valence electrons. The number of hydrogen-bond acceptors (Lipinski definition) is 3. The van der Waals surface area contributed by atoms with Crippen molar-refractivity contribution in [3.8, 4) is 0 Å². The van der Waals surface area contributed by atoms with E-state index in [2.05, 4.69) is 12.2 Å². The Bertz CT molecular complexity index is 321. The van der Waals surface area contributed by atoms with Gasteiger partial charge in [0.15, 0.2) is 0 Å². The number of nitrogens with one attached hydrogen (secondary N) is 1. The molecule has 5 nitrogen and oxygen atoms in total. The molecular formula is C20H39NO4. The van der Waals surface area contributed by atoms with Crippen LogP contribution in [0.1, 0.15) is 96.8 Å². The van der Waals surface area contributed by atoms with E-state index in [1.165, 1.54) is 70.6 Å². The zero-order valence-electron chi connectivity index (χ0n) is 16.2. The number of aliphatic carboxylic acids is 1. The molecule has 0 aliphatic rings. The van der Waals surface area contributed by atoms with Crippen molar-refractivity contribution in [1.82, 2.24) is 5.32 Å². The predicted octanol–water partition coefficient (Wildman–Crippen LogP) is 4.69. The van der Waals surface area contributed by atoms with E-state index in [0.29, 0.717) is 13.0 Å². The molecule has 2 N–H and O–H groups in total. The first-order valence-corrected chi connectivity index (χ1v) is 10.2. The van der Waals surface area contributed by atoms with Gasteiger partial charge in [0, 0.05) is 13.0 Å². The van der Waals surface area contributed by atoms with Crippen LogP contribution in [0.5, 0.6) is 0 Å². The Labute approximate surface area is 153 Å². The standard InChI is InChI=1S/C20H39NO4/c1-2-3-4-5-6-7-8-9-10-11-12-13-14-15-19(22)21-16-17-25-18-20(23)24/h2-18H2,1H3,(H,21,22)(H,23,24). The normalized spacial score (nSPS) is 10.8. The SMILES string of the molecule is CCCCCCCCCCCCCCCC(=O)NCCOCC(=O)O. The van der Waals surface area contributed by atoms with Gasteiger partial charge in [-0.05, 0) is 6.42 Å². The lowest BCUT2D eigenvalue weighted by Crippen LogP contribution is -2.27. The van der Waals surface area contributed by atoms with Crippen LogP contribution < -0.4 is 5.32 Å². The summed E-state index contributed by atoms with van der Waals surface area (Å²) in [5, 5.41) is 11.1. The van der Waals surface area contributed by atoms with E-state index in [1.54, 1.807) is 0 Å². The molecule has 0 unspecified atom stereocenters. The molecule has 0 rings (SSSR count). The molecule has 0 fully saturated rings. The molecule has 0 bridgehead atoms. The summed E-state index contributed by atoms with van der Waals surface area (Å²) in [7, 11) is 0. The Kier molecular flexibility index (Phi) is 18.4. The van der Waals surface area contributed by atoms with E-state index in [-0.39, 0.29) is 19.1 Å². The van der Waals surface area contributed by atoms with Crippen LogP contribution in [0.4, 0.5) is 0 Å². The van der Waals surface area contributed by atoms with Crippen LogP contribution in [0.2, 0.25) is 0 Å². The van der Waals surface area contributed by atoms with E-state index in [0.717, 1.165) is 12.8 Å². The zero-order chi connectivity index (χ0) is 18.6. The molecule has 0 heterocycles. The minimum atomic E-state index is -0.988. The summed E-state index contributed by atoms with van der Waals surface area (Å²) < 4.78 is 4.85. The van der Waals surface area contributed by atoms with Crippen molar-refractivity contribution in [3.63, 3.8) is 0 Å². The Hall–Kier alpha value is -1.10. The van der Waals surface area contributed by atoms with Crippen LogP contribution >= 0.6 is 0 Å². The van der Waals surface area contributed by atoms with Crippen molar-refractivity contribution in [2.45, 2.75) is 96.8 Å². The van der Waals surface area contributed by atoms with Gasteiger partial charge >= 0.3 is 5.97 Å². The van der Waals surface area contributed by atoms with Crippen LogP contribution in [0.3, 0.4) is 0 Å². The van der Waals surface area contributed by atoms with Gasteiger partial charge in [-0.1, -0.05) is 84.0 Å². The number of ether oxygens (including phenoxy) is 1. The molecule has 5 heteroatoms. The summed E-state index contributed by atoms with van der Waals surface area (Å²) in [5.41, 5.74) is 0. The number of unbranched alkanes of at least 4 members (excludes halogenated alkanes) is 12. The molecule has 0 aromatic rings. The summed E-state index contributed by atoms with van der Waals surface area (Å²) >= 11 is 0. The van der Waals surface area contributed by atoms with Gasteiger partial charge in [-0.25, -0.2) is 4.79 Å². The second-order valence-corrected chi connectivity index (χ2v) is 6.79. The van der Waals surface area contributed by atoms with Gasteiger partial charge < -0.3 is 15.2 Å². The van der Waals surface area contributed by atoms with Crippen LogP contribution in [0.15, 0.2) is 0 Å². The highest BCUT2D eigenvalue weighted by molar-refractivity contribution is 5.75. The molecule has 0 saturated heterocycles. The van der Waals surface area contributed by atoms with Crippen LogP contribution in [-0.2, 0) is 14.3 Å². The molecular weight excluding hydrogens is 318 g/mol. The van der Waals surface area contributed by atoms with Gasteiger partial charge in [0.05, 0.1) is 6.61 Å². The average molecular weight is 358 g/mol. The van der Waals surface area contributed by atoms with Gasteiger partial charge in [-0.2, -0.15) is 0 Å². The third kappa shape index (κ3) is 20.9. The smallest absolute Gasteiger partial charge is 0.329 e. The van der Waals surface area contributed by atoms with Crippen molar-refractivity contribution in [2.24, 2.45) is 0 Å². The van der Waals surface area contributed by atoms with Crippen LogP contribution in [0, 0.1) is 0 Å². The van der Waals surface area contributed by atoms with E-state index < -0.39 is 5.97 Å². The maximum atomic E-state index is 11.6. The second kappa shape index (κ2) is 19.2. The molecule has 0 atom stereocenters. The number of carboxylic acids is 1. The molecule has 0 saturated carbocycles. The number of rotatable bonds is 19. The summed E-state index contributed by atoms with van der Waals surface area (Å²) in [5.74, 6) is -0.958. The number of hydrogen-bond donors (Lipinski definition) is 2. The third-order valence-corrected chi connectivity index (χ3v) is 4.30. The predicted molar refractivity (Wildman–Crippen MR) is 102 cm³/mol. The highest BCUT2D eigenvalue weighted by Crippen LogP contribution is 2.12. The van der Waals surface area contributed by atoms with Gasteiger partial charge in [0.25, 0.3) is 0 Å². The van der Waals surface area contributed by atoms with Crippen molar-refractivity contribution < 1.29 is 19.4 Å². The van der Waals surface area contributed by atoms with Crippen molar-refractivity contribution in [2.75, 3.05) is 19.8 Å². The third-order valence-electron chi connectivity index (χ3n) is 4.30. The van der Waals surface area contributed by atoms with Crippen LogP contribution in [-0.4, -0.2) is 36.7 Å². The maximum absolute atomic E-state index is 11.6. The molecule has 0 aliphatic heterocycles. The van der Waals surface area contributed by atoms with E-state index in [9.17, 15) is 9.59 Å². The fraction of sp³-hybridized carbons (Fsp3) is 0.900. The summed E-state index contributed by atoms with van der Waals surface area (Å²) in [6, 6.07) is 0. The van der Waals surface area contributed by atoms with Gasteiger partial charge in [-0.15, -0.1) is 0 Å². The molecule has 25 heavy (non-hydrogen) atoms. The lowest BCUT2D eigenvalue weighted by Gasteiger charge is -2.05. The molecule has 0 aromatic carbocycles. The lowest BCUT2D eigenvalue weighted by molar-refractivity contribution is -0.142. The average Bonchev–Trinajstić information content (AvgIpc) is 2.58. The number of carbonyl (C=O) groups is 2. The summed E-state index contributed by atoms with van der Waals surface area (Å²) in [6.07, 6.45) is 17.4. The largest absolute Gasteiger partial charge is 0.480 e. The number of amides is 1. The first-order chi connectivity index (χ1) is 12.2. The Morgan fingerprint density at radius 2 is 1.28 bits per heavy atom. The monoisotopic (exact) mass is 357 g/mol. The minimum Gasteiger partial charge on any atom is -0.480 e. The summed E-state index contributed by atoms with van der Waals surface area (Å²) in [4.78, 5) is 21.8. The van der Waals surface area contributed by atoms with Crippen LogP contribution in [0.25, 0.3) is 0 Å². The highest BCUT2D eigenvalue weighted by atomic mass is 16.5. The molecule has 0 radical (unpaired) electrons. The Balaban J connectivity index is 3.14. The zero-order valence-corrected chi connectivity index (χ0v) is 16.2. The summed E-state index contributed by atoms with van der Waals surface area (Å²) in [6.45, 7) is 2.57. The molecule has 0 aromatic heterocycles. The first kappa shape index (κ1) is 23.9. The fourth-order valence-electron chi connectivity index (χ4n) is 2.81. The first-order valence-electron chi connectivity index (χ1n) is 10.2. The van der Waals surface area contributed by atoms with Gasteiger partial charge in [0.1, 0.15) is 6.61 Å². The topological polar surface area (TPSA) is 75.6 Å². The van der Waals surface area contributed by atoms with E-state index in [1.807, 2.05) is 0 Å². The lowest BCUT2D eigenvalue weighted by atomic mass is 10.0. The second-order valence-electron chi connectivity index (χ2n) is 6.79. The maximum Gasteiger partial charge on any atom is 0.329 e. The van der Waals surface area contributed by atoms with Crippen molar-refractivity contribution in [1.29, 1.82) is 0 Å². The molecule has 1 amide bonds.